The predicted molar refractivity (Wildman–Crippen MR) is 86.8 cm³/mol. The summed E-state index contributed by atoms with van der Waals surface area (Å²) in [5.41, 5.74) is 0.794. The van der Waals surface area contributed by atoms with E-state index < -0.39 is 6.10 Å². The highest BCUT2D eigenvalue weighted by molar-refractivity contribution is 5.13. The van der Waals surface area contributed by atoms with Crippen LogP contribution in [0.5, 0.6) is 0 Å². The molecule has 3 aliphatic rings. The normalized spacial score (nSPS) is 41.2. The number of ether oxygens (including phenoxy) is 2. The molecule has 1 saturated heterocycles. The molecule has 128 valence electrons. The zero-order chi connectivity index (χ0) is 15.8. The molecule has 0 spiro atoms. The van der Waals surface area contributed by atoms with E-state index in [1.165, 1.54) is 19.3 Å². The Balaban J connectivity index is 1.37. The highest BCUT2D eigenvalue weighted by Gasteiger charge is 2.60. The molecule has 4 heteroatoms. The van der Waals surface area contributed by atoms with Gasteiger partial charge in [0.15, 0.2) is 0 Å². The van der Waals surface area contributed by atoms with E-state index in [1.54, 1.807) is 0 Å². The van der Waals surface area contributed by atoms with Gasteiger partial charge in [0.05, 0.1) is 25.4 Å². The van der Waals surface area contributed by atoms with Crippen molar-refractivity contribution in [2.75, 3.05) is 26.4 Å². The smallest absolute Gasteiger partial charge is 0.0897 e. The maximum absolute atomic E-state index is 10.1. The molecule has 0 aromatic rings. The van der Waals surface area contributed by atoms with E-state index in [2.05, 4.69) is 26.1 Å². The van der Waals surface area contributed by atoms with Gasteiger partial charge in [0.25, 0.3) is 0 Å². The predicted octanol–water partition coefficient (Wildman–Crippen LogP) is 2.35. The fraction of sp³-hybridized carbons (Fsp3) is 1.00. The molecule has 5 atom stereocenters. The molecule has 1 aliphatic heterocycles. The summed E-state index contributed by atoms with van der Waals surface area (Å²) in [6.45, 7) is 9.79. The van der Waals surface area contributed by atoms with Gasteiger partial charge in [0.1, 0.15) is 0 Å². The van der Waals surface area contributed by atoms with Crippen LogP contribution in [0, 0.1) is 16.7 Å². The van der Waals surface area contributed by atoms with Crippen molar-refractivity contribution in [3.63, 3.8) is 0 Å². The standard InChI is InChI=1S/C18H33NO3/c1-17(2)13-6-7-18(17,3)16(9-13)19-10-14(20)11-21-12-15-5-4-8-22-15/h13-16,19-20H,4-12H2,1-3H3/t13-,14+,15-,16+,18-/m0/s1. The van der Waals surface area contributed by atoms with Crippen LogP contribution in [0.15, 0.2) is 0 Å². The van der Waals surface area contributed by atoms with Crippen LogP contribution in [-0.2, 0) is 9.47 Å². The fourth-order valence-corrected chi connectivity index (χ4v) is 4.96. The van der Waals surface area contributed by atoms with E-state index in [0.717, 1.165) is 25.4 Å². The van der Waals surface area contributed by atoms with Crippen LogP contribution in [-0.4, -0.2) is 49.7 Å². The summed E-state index contributed by atoms with van der Waals surface area (Å²) >= 11 is 0. The number of aliphatic hydroxyl groups excluding tert-OH is 1. The van der Waals surface area contributed by atoms with Gasteiger partial charge in [-0.15, -0.1) is 0 Å². The molecule has 2 saturated carbocycles. The lowest BCUT2D eigenvalue weighted by atomic mass is 9.69. The van der Waals surface area contributed by atoms with Crippen molar-refractivity contribution in [1.82, 2.24) is 5.32 Å². The molecule has 2 N–H and O–H groups in total. The zero-order valence-corrected chi connectivity index (χ0v) is 14.4. The molecule has 22 heavy (non-hydrogen) atoms. The van der Waals surface area contributed by atoms with Crippen molar-refractivity contribution < 1.29 is 14.6 Å². The van der Waals surface area contributed by atoms with Crippen LogP contribution in [0.2, 0.25) is 0 Å². The summed E-state index contributed by atoms with van der Waals surface area (Å²) in [6, 6.07) is 0.536. The summed E-state index contributed by atoms with van der Waals surface area (Å²) in [5.74, 6) is 0.836. The van der Waals surface area contributed by atoms with E-state index in [1.807, 2.05) is 0 Å². The second kappa shape index (κ2) is 6.39. The number of aliphatic hydroxyl groups is 1. The van der Waals surface area contributed by atoms with Gasteiger partial charge in [0.2, 0.25) is 0 Å². The summed E-state index contributed by atoms with van der Waals surface area (Å²) in [4.78, 5) is 0. The second-order valence-electron chi connectivity index (χ2n) is 8.40. The van der Waals surface area contributed by atoms with Crippen LogP contribution in [0.1, 0.15) is 52.9 Å². The van der Waals surface area contributed by atoms with E-state index in [4.69, 9.17) is 9.47 Å². The van der Waals surface area contributed by atoms with Crippen LogP contribution in [0.3, 0.4) is 0 Å². The van der Waals surface area contributed by atoms with Gasteiger partial charge in [-0.1, -0.05) is 20.8 Å². The summed E-state index contributed by atoms with van der Waals surface area (Å²) < 4.78 is 11.1. The highest BCUT2D eigenvalue weighted by Crippen LogP contribution is 2.65. The van der Waals surface area contributed by atoms with Crippen molar-refractivity contribution in [1.29, 1.82) is 0 Å². The van der Waals surface area contributed by atoms with Gasteiger partial charge >= 0.3 is 0 Å². The molecule has 0 unspecified atom stereocenters. The first-order valence-electron chi connectivity index (χ1n) is 9.04. The Kier molecular flexibility index (Phi) is 4.84. The van der Waals surface area contributed by atoms with Gasteiger partial charge < -0.3 is 19.9 Å². The van der Waals surface area contributed by atoms with Crippen LogP contribution >= 0.6 is 0 Å². The Morgan fingerprint density at radius 3 is 2.73 bits per heavy atom. The SMILES string of the molecule is CC1(C)[C@H]2CC[C@@]1(C)[C@H](NC[C@@H](O)COC[C@@H]1CCCO1)C2. The van der Waals surface area contributed by atoms with Gasteiger partial charge in [-0.25, -0.2) is 0 Å². The molecular weight excluding hydrogens is 278 g/mol. The first-order valence-corrected chi connectivity index (χ1v) is 9.04. The summed E-state index contributed by atoms with van der Waals surface area (Å²) in [7, 11) is 0. The van der Waals surface area contributed by atoms with Crippen molar-refractivity contribution in [2.24, 2.45) is 16.7 Å². The monoisotopic (exact) mass is 311 g/mol. The molecule has 3 fully saturated rings. The number of fused-ring (bicyclic) bond motifs is 2. The lowest BCUT2D eigenvalue weighted by molar-refractivity contribution is -0.0183. The Hall–Kier alpha value is -0.160. The van der Waals surface area contributed by atoms with Crippen LogP contribution < -0.4 is 5.32 Å². The van der Waals surface area contributed by atoms with E-state index >= 15 is 0 Å². The maximum atomic E-state index is 10.1. The van der Waals surface area contributed by atoms with Gasteiger partial charge in [-0.3, -0.25) is 0 Å². The van der Waals surface area contributed by atoms with Crippen molar-refractivity contribution in [3.05, 3.63) is 0 Å². The van der Waals surface area contributed by atoms with Gasteiger partial charge in [0, 0.05) is 19.2 Å². The quantitative estimate of drug-likeness (QED) is 0.758. The number of hydrogen-bond acceptors (Lipinski definition) is 4. The Morgan fingerprint density at radius 2 is 2.14 bits per heavy atom. The highest BCUT2D eigenvalue weighted by atomic mass is 16.5. The molecule has 0 aromatic heterocycles. The maximum Gasteiger partial charge on any atom is 0.0897 e. The van der Waals surface area contributed by atoms with Crippen LogP contribution in [0.4, 0.5) is 0 Å². The Labute approximate surface area is 134 Å². The van der Waals surface area contributed by atoms with Crippen molar-refractivity contribution in [3.8, 4) is 0 Å². The zero-order valence-electron chi connectivity index (χ0n) is 14.4. The molecule has 3 rings (SSSR count). The minimum absolute atomic E-state index is 0.241. The molecule has 1 heterocycles. The average Bonchev–Trinajstić information content (AvgIpc) is 3.10. The molecule has 2 aliphatic carbocycles. The first kappa shape index (κ1) is 16.7. The van der Waals surface area contributed by atoms with Crippen molar-refractivity contribution in [2.45, 2.75) is 71.1 Å². The van der Waals surface area contributed by atoms with Crippen molar-refractivity contribution >= 4 is 0 Å². The summed E-state index contributed by atoms with van der Waals surface area (Å²) in [6.07, 6.45) is 5.98. The molecule has 2 bridgehead atoms. The molecule has 4 nitrogen and oxygen atoms in total. The van der Waals surface area contributed by atoms with E-state index in [0.29, 0.717) is 36.6 Å². The van der Waals surface area contributed by atoms with E-state index in [-0.39, 0.29) is 6.10 Å². The topological polar surface area (TPSA) is 50.7 Å². The fourth-order valence-electron chi connectivity index (χ4n) is 4.96. The number of nitrogens with one attached hydrogen (secondary N) is 1. The molecule has 0 amide bonds. The number of hydrogen-bond donors (Lipinski definition) is 2. The Bertz CT molecular complexity index is 381. The van der Waals surface area contributed by atoms with Gasteiger partial charge in [-0.2, -0.15) is 0 Å². The average molecular weight is 311 g/mol. The largest absolute Gasteiger partial charge is 0.389 e. The Morgan fingerprint density at radius 1 is 1.32 bits per heavy atom. The second-order valence-corrected chi connectivity index (χ2v) is 8.40. The minimum Gasteiger partial charge on any atom is -0.389 e. The third-order valence-electron chi connectivity index (χ3n) is 7.03. The van der Waals surface area contributed by atoms with Crippen LogP contribution in [0.25, 0.3) is 0 Å². The molecule has 0 radical (unpaired) electrons. The van der Waals surface area contributed by atoms with E-state index in [9.17, 15) is 5.11 Å². The summed E-state index contributed by atoms with van der Waals surface area (Å²) in [5, 5.41) is 13.8. The van der Waals surface area contributed by atoms with Gasteiger partial charge in [-0.05, 0) is 48.9 Å². The minimum atomic E-state index is -0.424. The number of rotatable bonds is 7. The third-order valence-corrected chi connectivity index (χ3v) is 7.03. The molecule has 0 aromatic carbocycles. The molecular formula is C18H33NO3. The third kappa shape index (κ3) is 2.95. The lowest BCUT2D eigenvalue weighted by Gasteiger charge is -2.40. The first-order chi connectivity index (χ1) is 10.4. The lowest BCUT2D eigenvalue weighted by Crippen LogP contribution is -2.47.